The molecular weight excluding hydrogens is 480 g/mol. The summed E-state index contributed by atoms with van der Waals surface area (Å²) in [5.74, 6) is 0.0779. The Morgan fingerprint density at radius 3 is 2.56 bits per heavy atom. The summed E-state index contributed by atoms with van der Waals surface area (Å²) < 4.78 is 6.00. The highest BCUT2D eigenvalue weighted by atomic mass is 35.5. The molecule has 4 rings (SSSR count). The maximum Gasteiger partial charge on any atom is 0.292 e. The maximum absolute atomic E-state index is 13.0. The highest BCUT2D eigenvalue weighted by Gasteiger charge is 2.24. The fraction of sp³-hybridized carbons (Fsp3) is 0.0952. The molecule has 2 heterocycles. The summed E-state index contributed by atoms with van der Waals surface area (Å²) in [7, 11) is 0. The van der Waals surface area contributed by atoms with Gasteiger partial charge in [0.05, 0.1) is 11.4 Å². The number of nitrogens with two attached hydrogens (primary N) is 1. The van der Waals surface area contributed by atoms with Crippen molar-refractivity contribution in [2.75, 3.05) is 5.73 Å². The van der Waals surface area contributed by atoms with Gasteiger partial charge in [-0.1, -0.05) is 22.9 Å². The molecule has 0 saturated carbocycles. The van der Waals surface area contributed by atoms with E-state index in [1.807, 2.05) is 19.1 Å². The molecule has 2 aromatic heterocycles. The predicted octanol–water partition coefficient (Wildman–Crippen LogP) is 3.18. The molecule has 0 aliphatic rings. The van der Waals surface area contributed by atoms with Crippen molar-refractivity contribution in [2.24, 2.45) is 0 Å². The van der Waals surface area contributed by atoms with E-state index in [0.717, 1.165) is 10.5 Å². The van der Waals surface area contributed by atoms with Crippen molar-refractivity contribution >= 4 is 40.8 Å². The lowest BCUT2D eigenvalue weighted by molar-refractivity contribution is 0.0936. The van der Waals surface area contributed by atoms with Gasteiger partial charge in [-0.25, -0.2) is 4.63 Å². The van der Waals surface area contributed by atoms with Crippen molar-refractivity contribution in [3.63, 3.8) is 0 Å². The number of phenolic OH excluding ortho intramolecular Hbond substituents is 1. The van der Waals surface area contributed by atoms with Gasteiger partial charge in [-0.2, -0.15) is 4.68 Å². The van der Waals surface area contributed by atoms with Crippen molar-refractivity contribution in [3.8, 4) is 11.6 Å². The highest BCUT2D eigenvalue weighted by molar-refractivity contribution is 7.98. The van der Waals surface area contributed by atoms with Crippen molar-refractivity contribution in [1.82, 2.24) is 36.2 Å². The molecule has 1 amide bonds. The number of benzene rings is 2. The smallest absolute Gasteiger partial charge is 0.292 e. The van der Waals surface area contributed by atoms with Gasteiger partial charge in [0.25, 0.3) is 5.91 Å². The van der Waals surface area contributed by atoms with Crippen LogP contribution < -0.4 is 16.6 Å². The Morgan fingerprint density at radius 1 is 1.18 bits per heavy atom. The van der Waals surface area contributed by atoms with Crippen molar-refractivity contribution in [3.05, 3.63) is 76.6 Å². The van der Waals surface area contributed by atoms with E-state index in [-0.39, 0.29) is 23.1 Å². The van der Waals surface area contributed by atoms with Gasteiger partial charge in [-0.15, -0.1) is 16.9 Å². The SMILES string of the molecule is C/C=C(/NNC(=O)c1nnn(-c2nonc2N)c1CSc1ccc(Cl)cc1)c1ccc(O)cc1. The summed E-state index contributed by atoms with van der Waals surface area (Å²) in [5, 5.41) is 25.5. The number of hydrazine groups is 1. The third-order valence-electron chi connectivity index (χ3n) is 4.64. The Morgan fingerprint density at radius 2 is 1.91 bits per heavy atom. The van der Waals surface area contributed by atoms with Gasteiger partial charge < -0.3 is 10.8 Å². The number of nitrogens with one attached hydrogen (secondary N) is 2. The van der Waals surface area contributed by atoms with Crippen LogP contribution in [0.4, 0.5) is 5.82 Å². The van der Waals surface area contributed by atoms with Gasteiger partial charge in [0.15, 0.2) is 5.69 Å². The number of aromatic hydroxyl groups is 1. The lowest BCUT2D eigenvalue weighted by atomic mass is 10.1. The predicted molar refractivity (Wildman–Crippen MR) is 127 cm³/mol. The van der Waals surface area contributed by atoms with Gasteiger partial charge in [0, 0.05) is 15.7 Å². The summed E-state index contributed by atoms with van der Waals surface area (Å²) in [6.07, 6.45) is 1.78. The first-order valence-corrected chi connectivity index (χ1v) is 11.3. The molecule has 0 spiro atoms. The third kappa shape index (κ3) is 5.13. The number of aromatic nitrogens is 5. The molecule has 0 bridgehead atoms. The van der Waals surface area contributed by atoms with E-state index in [9.17, 15) is 9.90 Å². The minimum atomic E-state index is -0.522. The molecule has 5 N–H and O–H groups in total. The number of thioether (sulfide) groups is 1. The lowest BCUT2D eigenvalue weighted by Gasteiger charge is -2.12. The zero-order valence-corrected chi connectivity index (χ0v) is 19.3. The summed E-state index contributed by atoms with van der Waals surface area (Å²) in [4.78, 5) is 13.9. The van der Waals surface area contributed by atoms with Crippen LogP contribution in [0.3, 0.4) is 0 Å². The molecule has 34 heavy (non-hydrogen) atoms. The van der Waals surface area contributed by atoms with Gasteiger partial charge in [-0.05, 0) is 71.3 Å². The fourth-order valence-corrected chi connectivity index (χ4v) is 3.95. The molecule has 2 aromatic carbocycles. The topological polar surface area (TPSA) is 157 Å². The summed E-state index contributed by atoms with van der Waals surface area (Å²) in [6, 6.07) is 13.8. The molecule has 0 aliphatic heterocycles. The average Bonchev–Trinajstić information content (AvgIpc) is 3.45. The largest absolute Gasteiger partial charge is 0.508 e. The van der Waals surface area contributed by atoms with Crippen LogP contribution in [0.15, 0.2) is 64.1 Å². The van der Waals surface area contributed by atoms with Crippen LogP contribution in [0, 0.1) is 0 Å². The van der Waals surface area contributed by atoms with E-state index >= 15 is 0 Å². The van der Waals surface area contributed by atoms with E-state index in [1.165, 1.54) is 16.4 Å². The molecule has 0 saturated heterocycles. The Kier molecular flexibility index (Phi) is 6.99. The molecular formula is C21H19ClN8O3S. The van der Waals surface area contributed by atoms with E-state index in [0.29, 0.717) is 22.2 Å². The first kappa shape index (κ1) is 23.1. The van der Waals surface area contributed by atoms with Gasteiger partial charge in [-0.3, -0.25) is 15.6 Å². The number of amides is 1. The summed E-state index contributed by atoms with van der Waals surface area (Å²) >= 11 is 7.41. The zero-order valence-electron chi connectivity index (χ0n) is 17.8. The first-order chi connectivity index (χ1) is 16.5. The Hall–Kier alpha value is -4.03. The van der Waals surface area contributed by atoms with Crippen LogP contribution >= 0.6 is 23.4 Å². The number of rotatable bonds is 8. The van der Waals surface area contributed by atoms with E-state index in [2.05, 4.69) is 36.1 Å². The number of nitrogen functional groups attached to an aromatic ring is 1. The number of hydrogen-bond donors (Lipinski definition) is 4. The second-order valence-corrected chi connectivity index (χ2v) is 8.33. The minimum absolute atomic E-state index is 0.0104. The first-order valence-electron chi connectivity index (χ1n) is 9.89. The van der Waals surface area contributed by atoms with Crippen LogP contribution in [0.25, 0.3) is 11.5 Å². The second-order valence-electron chi connectivity index (χ2n) is 6.84. The molecule has 0 aliphatic carbocycles. The fourth-order valence-electron chi connectivity index (χ4n) is 2.93. The standard InChI is InChI=1S/C21H19ClN8O3S/c1-2-16(12-3-7-14(31)8-4-12)24-26-21(32)18-17(11-34-15-9-5-13(22)6-10-15)30(29-25-18)20-19(23)27-33-28-20/h2-10,24,31H,11H2,1H3,(H2,23,27)(H,26,32)/b16-2+. The molecule has 13 heteroatoms. The molecule has 0 fully saturated rings. The minimum Gasteiger partial charge on any atom is -0.508 e. The molecule has 0 radical (unpaired) electrons. The maximum atomic E-state index is 13.0. The highest BCUT2D eigenvalue weighted by Crippen LogP contribution is 2.27. The second kappa shape index (κ2) is 10.3. The average molecular weight is 499 g/mol. The normalized spacial score (nSPS) is 11.4. The summed E-state index contributed by atoms with van der Waals surface area (Å²) in [6.45, 7) is 1.81. The number of carbonyl (C=O) groups excluding carboxylic acids is 1. The number of carbonyl (C=O) groups is 1. The van der Waals surface area contributed by atoms with Crippen LogP contribution in [0.2, 0.25) is 5.02 Å². The van der Waals surface area contributed by atoms with Crippen molar-refractivity contribution in [2.45, 2.75) is 17.6 Å². The molecule has 174 valence electrons. The number of allylic oxidation sites excluding steroid dienone is 1. The van der Waals surface area contributed by atoms with Gasteiger partial charge in [0.1, 0.15) is 5.75 Å². The molecule has 0 atom stereocenters. The Balaban J connectivity index is 1.56. The Labute approximate surface area is 202 Å². The van der Waals surface area contributed by atoms with Crippen molar-refractivity contribution in [1.29, 1.82) is 0 Å². The third-order valence-corrected chi connectivity index (χ3v) is 5.92. The van der Waals surface area contributed by atoms with Crippen molar-refractivity contribution < 1.29 is 14.5 Å². The monoisotopic (exact) mass is 498 g/mol. The zero-order chi connectivity index (χ0) is 24.1. The van der Waals surface area contributed by atoms with Crippen LogP contribution in [-0.2, 0) is 5.75 Å². The van der Waals surface area contributed by atoms with Crippen LogP contribution in [0.5, 0.6) is 5.75 Å². The van der Waals surface area contributed by atoms with Gasteiger partial charge >= 0.3 is 0 Å². The Bertz CT molecular complexity index is 1320. The number of halogens is 1. The molecule has 4 aromatic rings. The number of phenols is 1. The molecule has 0 unspecified atom stereocenters. The van der Waals surface area contributed by atoms with E-state index in [4.69, 9.17) is 17.3 Å². The number of anilines is 1. The van der Waals surface area contributed by atoms with E-state index in [1.54, 1.807) is 42.5 Å². The number of hydrogen-bond acceptors (Lipinski definition) is 10. The number of nitrogens with zero attached hydrogens (tertiary/aromatic N) is 5. The molecule has 11 nitrogen and oxygen atoms in total. The quantitative estimate of drug-likeness (QED) is 0.210. The van der Waals surface area contributed by atoms with Gasteiger partial charge in [0.2, 0.25) is 11.6 Å². The van der Waals surface area contributed by atoms with Crippen LogP contribution in [0.1, 0.15) is 28.7 Å². The van der Waals surface area contributed by atoms with E-state index < -0.39 is 5.91 Å². The lowest BCUT2D eigenvalue weighted by Crippen LogP contribution is -2.36. The van der Waals surface area contributed by atoms with Crippen LogP contribution in [-0.4, -0.2) is 36.3 Å². The summed E-state index contributed by atoms with van der Waals surface area (Å²) in [5.41, 5.74) is 13.2.